The summed E-state index contributed by atoms with van der Waals surface area (Å²) in [6.45, 7) is 0. The highest BCUT2D eigenvalue weighted by Gasteiger charge is 2.24. The van der Waals surface area contributed by atoms with Crippen molar-refractivity contribution in [2.24, 2.45) is 0 Å². The van der Waals surface area contributed by atoms with Gasteiger partial charge in [0.1, 0.15) is 5.52 Å². The van der Waals surface area contributed by atoms with E-state index < -0.39 is 23.7 Å². The lowest BCUT2D eigenvalue weighted by Gasteiger charge is -1.98. The van der Waals surface area contributed by atoms with Gasteiger partial charge in [0, 0.05) is 6.07 Å². The van der Waals surface area contributed by atoms with Crippen molar-refractivity contribution in [2.45, 2.75) is 0 Å². The van der Waals surface area contributed by atoms with Gasteiger partial charge in [0.25, 0.3) is 5.91 Å². The molecule has 0 aromatic carbocycles. The van der Waals surface area contributed by atoms with Gasteiger partial charge in [-0.15, -0.1) is 5.10 Å². The number of amides is 1. The van der Waals surface area contributed by atoms with E-state index in [0.717, 1.165) is 6.07 Å². The summed E-state index contributed by atoms with van der Waals surface area (Å²) in [4.78, 5) is 33.9. The van der Waals surface area contributed by atoms with E-state index in [-0.39, 0.29) is 22.7 Å². The molecule has 0 spiro atoms. The largest absolute Gasteiger partial charge is 0.475 e. The van der Waals surface area contributed by atoms with E-state index in [1.54, 1.807) is 0 Å². The first-order valence-electron chi connectivity index (χ1n) is 5.81. The Labute approximate surface area is 120 Å². The lowest BCUT2D eigenvalue weighted by atomic mass is 10.4. The lowest BCUT2D eigenvalue weighted by Crippen LogP contribution is -2.14. The van der Waals surface area contributed by atoms with Crippen molar-refractivity contribution >= 4 is 34.9 Å². The molecule has 10 nitrogen and oxygen atoms in total. The van der Waals surface area contributed by atoms with E-state index in [2.05, 4.69) is 10.4 Å². The SMILES string of the molecule is O=C(O)c1cc2c(o1)c(NC(=O)c1ccco1)nn2C(=O)O. The summed E-state index contributed by atoms with van der Waals surface area (Å²) in [5.74, 6) is -2.79. The molecule has 3 N–H and O–H groups in total. The molecule has 3 heterocycles. The number of carboxylic acids is 1. The molecule has 10 heteroatoms. The van der Waals surface area contributed by atoms with Gasteiger partial charge in [-0.3, -0.25) is 10.1 Å². The van der Waals surface area contributed by atoms with Crippen molar-refractivity contribution < 1.29 is 33.4 Å². The van der Waals surface area contributed by atoms with Crippen molar-refractivity contribution in [3.8, 4) is 0 Å². The summed E-state index contributed by atoms with van der Waals surface area (Å²) in [5.41, 5.74) is -0.264. The number of furan rings is 2. The van der Waals surface area contributed by atoms with E-state index >= 15 is 0 Å². The molecule has 0 saturated heterocycles. The number of fused-ring (bicyclic) bond motifs is 1. The first kappa shape index (κ1) is 13.4. The fourth-order valence-electron chi connectivity index (χ4n) is 1.82. The molecule has 3 aromatic heterocycles. The number of aromatic nitrogens is 2. The van der Waals surface area contributed by atoms with Crippen molar-refractivity contribution in [1.29, 1.82) is 0 Å². The lowest BCUT2D eigenvalue weighted by molar-refractivity contribution is 0.0665. The quantitative estimate of drug-likeness (QED) is 0.662. The van der Waals surface area contributed by atoms with Gasteiger partial charge in [-0.2, -0.15) is 4.68 Å². The normalized spacial score (nSPS) is 10.7. The number of anilines is 1. The molecule has 1 amide bonds. The average molecular weight is 305 g/mol. The standard InChI is InChI=1S/C12H7N3O7/c16-10(6-2-1-3-21-6)13-9-8-5(15(14-9)12(19)20)4-7(22-8)11(17)18/h1-4H,(H,17,18)(H,19,20)(H,13,14,16). The van der Waals surface area contributed by atoms with Crippen molar-refractivity contribution in [2.75, 3.05) is 5.32 Å². The van der Waals surface area contributed by atoms with Crippen molar-refractivity contribution in [1.82, 2.24) is 9.78 Å². The molecule has 0 unspecified atom stereocenters. The Morgan fingerprint density at radius 3 is 2.59 bits per heavy atom. The van der Waals surface area contributed by atoms with Gasteiger partial charge in [-0.05, 0) is 12.1 Å². The van der Waals surface area contributed by atoms with Crippen LogP contribution in [0.2, 0.25) is 0 Å². The topological polar surface area (TPSA) is 148 Å². The minimum Gasteiger partial charge on any atom is -0.475 e. The minimum absolute atomic E-state index is 0.0250. The van der Waals surface area contributed by atoms with E-state index in [1.165, 1.54) is 18.4 Å². The molecule has 112 valence electrons. The zero-order valence-electron chi connectivity index (χ0n) is 10.6. The maximum atomic E-state index is 11.9. The smallest absolute Gasteiger partial charge is 0.432 e. The van der Waals surface area contributed by atoms with Crippen molar-refractivity contribution in [3.63, 3.8) is 0 Å². The molecule has 3 rings (SSSR count). The molecule has 0 aliphatic carbocycles. The monoisotopic (exact) mass is 305 g/mol. The molecule has 0 atom stereocenters. The van der Waals surface area contributed by atoms with Crippen LogP contribution in [0.4, 0.5) is 10.6 Å². The molecule has 22 heavy (non-hydrogen) atoms. The molecule has 0 fully saturated rings. The van der Waals surface area contributed by atoms with Crippen LogP contribution in [0, 0.1) is 0 Å². The van der Waals surface area contributed by atoms with Crippen LogP contribution < -0.4 is 5.32 Å². The van der Waals surface area contributed by atoms with Gasteiger partial charge >= 0.3 is 12.1 Å². The Balaban J connectivity index is 2.07. The third kappa shape index (κ3) is 2.08. The second kappa shape index (κ2) is 4.77. The summed E-state index contributed by atoms with van der Waals surface area (Å²) in [5, 5.41) is 23.9. The van der Waals surface area contributed by atoms with Crippen LogP contribution in [-0.4, -0.2) is 38.0 Å². The number of hydrogen-bond donors (Lipinski definition) is 3. The summed E-state index contributed by atoms with van der Waals surface area (Å²) < 4.78 is 10.4. The van der Waals surface area contributed by atoms with Gasteiger partial charge in [0.15, 0.2) is 17.2 Å². The highest BCUT2D eigenvalue weighted by Crippen LogP contribution is 2.27. The van der Waals surface area contributed by atoms with Crippen LogP contribution in [0.5, 0.6) is 0 Å². The number of nitrogens with zero attached hydrogens (tertiary/aromatic N) is 2. The van der Waals surface area contributed by atoms with Gasteiger partial charge in [-0.1, -0.05) is 0 Å². The molecule has 0 aliphatic heterocycles. The third-order valence-corrected chi connectivity index (χ3v) is 2.72. The molecule has 0 saturated carbocycles. The number of nitrogens with one attached hydrogen (secondary N) is 1. The third-order valence-electron chi connectivity index (χ3n) is 2.72. The number of carbonyl (C=O) groups is 3. The molecule has 3 aromatic rings. The second-order valence-corrected chi connectivity index (χ2v) is 4.10. The van der Waals surface area contributed by atoms with E-state index in [9.17, 15) is 14.4 Å². The molecule has 0 bridgehead atoms. The maximum Gasteiger partial charge on any atom is 0.432 e. The van der Waals surface area contributed by atoms with Crippen LogP contribution in [0.3, 0.4) is 0 Å². The highest BCUT2D eigenvalue weighted by atomic mass is 16.4. The molecule has 0 aliphatic rings. The first-order valence-corrected chi connectivity index (χ1v) is 5.81. The molecular formula is C12H7N3O7. The maximum absolute atomic E-state index is 11.9. The van der Waals surface area contributed by atoms with Crippen LogP contribution in [0.25, 0.3) is 11.1 Å². The van der Waals surface area contributed by atoms with Crippen LogP contribution in [0.15, 0.2) is 33.3 Å². The fourth-order valence-corrected chi connectivity index (χ4v) is 1.82. The summed E-state index contributed by atoms with van der Waals surface area (Å²) in [6.07, 6.45) is -0.170. The number of carboxylic acid groups (broad SMARTS) is 2. The predicted molar refractivity (Wildman–Crippen MR) is 69.0 cm³/mol. The van der Waals surface area contributed by atoms with E-state index in [0.29, 0.717) is 4.68 Å². The predicted octanol–water partition coefficient (Wildman–Crippen LogP) is 1.70. The first-order chi connectivity index (χ1) is 10.5. The van der Waals surface area contributed by atoms with Gasteiger partial charge in [0.2, 0.25) is 5.76 Å². The van der Waals surface area contributed by atoms with E-state index in [1.807, 2.05) is 0 Å². The van der Waals surface area contributed by atoms with Crippen LogP contribution in [-0.2, 0) is 0 Å². The summed E-state index contributed by atoms with van der Waals surface area (Å²) >= 11 is 0. The number of aromatic carboxylic acids is 1. The number of carbonyl (C=O) groups excluding carboxylic acids is 1. The minimum atomic E-state index is -1.46. The zero-order valence-corrected chi connectivity index (χ0v) is 10.6. The average Bonchev–Trinajstić information content (AvgIpc) is 3.15. The summed E-state index contributed by atoms with van der Waals surface area (Å²) in [6, 6.07) is 3.89. The van der Waals surface area contributed by atoms with Gasteiger partial charge < -0.3 is 19.0 Å². The van der Waals surface area contributed by atoms with Crippen LogP contribution in [0.1, 0.15) is 21.1 Å². The van der Waals surface area contributed by atoms with E-state index in [4.69, 9.17) is 19.0 Å². The fraction of sp³-hybridized carbons (Fsp3) is 0. The Kier molecular flexibility index (Phi) is 2.91. The van der Waals surface area contributed by atoms with Crippen molar-refractivity contribution in [3.05, 3.63) is 36.0 Å². The molecule has 0 radical (unpaired) electrons. The number of hydrogen-bond acceptors (Lipinski definition) is 6. The van der Waals surface area contributed by atoms with Gasteiger partial charge in [0.05, 0.1) is 6.26 Å². The Hall–Kier alpha value is -3.56. The summed E-state index contributed by atoms with van der Waals surface area (Å²) in [7, 11) is 0. The zero-order chi connectivity index (χ0) is 15.9. The van der Waals surface area contributed by atoms with Crippen LogP contribution >= 0.6 is 0 Å². The van der Waals surface area contributed by atoms with Gasteiger partial charge in [-0.25, -0.2) is 9.59 Å². The second-order valence-electron chi connectivity index (χ2n) is 4.10. The molecular weight excluding hydrogens is 298 g/mol. The Morgan fingerprint density at radius 2 is 2.00 bits per heavy atom. The number of rotatable bonds is 3. The Morgan fingerprint density at radius 1 is 1.23 bits per heavy atom. The highest BCUT2D eigenvalue weighted by molar-refractivity contribution is 6.06. The Bertz CT molecular complexity index is 887.